The third-order valence-corrected chi connectivity index (χ3v) is 1.39. The van der Waals surface area contributed by atoms with Gasteiger partial charge in [0, 0.05) is 7.05 Å². The molecule has 4 nitrogen and oxygen atoms in total. The molecule has 0 aliphatic heterocycles. The van der Waals surface area contributed by atoms with Crippen molar-refractivity contribution in [1.82, 2.24) is 10.6 Å². The van der Waals surface area contributed by atoms with Crippen LogP contribution in [0, 0.1) is 0 Å². The minimum Gasteiger partial charge on any atom is -0.357 e. The summed E-state index contributed by atoms with van der Waals surface area (Å²) in [5.74, 6) is -1.41. The summed E-state index contributed by atoms with van der Waals surface area (Å²) in [6, 6.07) is -0.778. The largest absolute Gasteiger partial charge is 0.357 e. The first kappa shape index (κ1) is 11.2. The Kier molecular flexibility index (Phi) is 4.58. The maximum absolute atomic E-state index is 12.0. The Bertz CT molecular complexity index is 186. The molecule has 0 radical (unpaired) electrons. The smallest absolute Gasteiger partial charge is 0.270 e. The lowest BCUT2D eigenvalue weighted by atomic mass is 10.3. The Balaban J connectivity index is 3.92. The van der Waals surface area contributed by atoms with Gasteiger partial charge in [-0.25, -0.2) is 4.39 Å². The fourth-order valence-corrected chi connectivity index (χ4v) is 0.621. The Labute approximate surface area is 74.5 Å². The molecule has 0 aromatic carbocycles. The fraction of sp³-hybridized carbons (Fsp3) is 0.667. The minimum atomic E-state index is -2.11. The highest BCUT2D eigenvalue weighted by Gasteiger charge is 2.18. The molecule has 6 heteroatoms. The molecular weight excluding hydrogens is 187 g/mol. The quantitative estimate of drug-likeness (QED) is 0.613. The van der Waals surface area contributed by atoms with Crippen LogP contribution in [0.2, 0.25) is 0 Å². The number of hydrogen-bond acceptors (Lipinski definition) is 2. The molecule has 0 spiro atoms. The number of carbonyl (C=O) groups excluding carboxylic acids is 2. The first-order valence-corrected chi connectivity index (χ1v) is 3.72. The van der Waals surface area contributed by atoms with Crippen LogP contribution in [0.3, 0.4) is 0 Å². The number of halogens is 2. The van der Waals surface area contributed by atoms with E-state index in [4.69, 9.17) is 11.6 Å². The van der Waals surface area contributed by atoms with Gasteiger partial charge in [0.15, 0.2) is 0 Å². The fourth-order valence-electron chi connectivity index (χ4n) is 0.558. The molecule has 0 fully saturated rings. The van der Waals surface area contributed by atoms with Gasteiger partial charge in [-0.3, -0.25) is 9.59 Å². The van der Waals surface area contributed by atoms with Crippen molar-refractivity contribution in [2.75, 3.05) is 7.05 Å². The molecule has 70 valence electrons. The van der Waals surface area contributed by atoms with Gasteiger partial charge in [-0.1, -0.05) is 11.6 Å². The molecule has 2 atom stereocenters. The number of likely N-dealkylation sites (N-methyl/N-ethyl adjacent to an activating group) is 1. The number of rotatable bonds is 3. The molecule has 0 saturated carbocycles. The van der Waals surface area contributed by atoms with Gasteiger partial charge in [0.05, 0.1) is 0 Å². The van der Waals surface area contributed by atoms with Crippen LogP contribution >= 0.6 is 11.6 Å². The van der Waals surface area contributed by atoms with Crippen molar-refractivity contribution in [2.45, 2.75) is 18.6 Å². The molecule has 0 heterocycles. The molecule has 0 aromatic heterocycles. The van der Waals surface area contributed by atoms with E-state index in [1.165, 1.54) is 14.0 Å². The van der Waals surface area contributed by atoms with E-state index in [1.807, 2.05) is 0 Å². The van der Waals surface area contributed by atoms with Crippen molar-refractivity contribution in [3.05, 3.63) is 0 Å². The SMILES string of the molecule is CNC(=O)C(C)NC(=O)C(F)Cl. The van der Waals surface area contributed by atoms with Gasteiger partial charge in [0.2, 0.25) is 5.91 Å². The molecule has 0 aliphatic carbocycles. The van der Waals surface area contributed by atoms with E-state index in [9.17, 15) is 14.0 Å². The number of carbonyl (C=O) groups is 2. The summed E-state index contributed by atoms with van der Waals surface area (Å²) in [4.78, 5) is 21.4. The summed E-state index contributed by atoms with van der Waals surface area (Å²) in [7, 11) is 1.42. The van der Waals surface area contributed by atoms with Crippen LogP contribution < -0.4 is 10.6 Å². The zero-order valence-electron chi connectivity index (χ0n) is 6.73. The zero-order chi connectivity index (χ0) is 9.72. The maximum Gasteiger partial charge on any atom is 0.270 e. The molecular formula is C6H10ClFN2O2. The van der Waals surface area contributed by atoms with Gasteiger partial charge in [0.1, 0.15) is 6.04 Å². The molecule has 0 bridgehead atoms. The molecule has 2 unspecified atom stereocenters. The van der Waals surface area contributed by atoms with E-state index >= 15 is 0 Å². The summed E-state index contributed by atoms with van der Waals surface area (Å²) < 4.78 is 12.0. The number of amides is 2. The van der Waals surface area contributed by atoms with Gasteiger partial charge in [-0.05, 0) is 6.92 Å². The molecule has 0 aliphatic rings. The topological polar surface area (TPSA) is 58.2 Å². The van der Waals surface area contributed by atoms with Gasteiger partial charge in [0.25, 0.3) is 11.5 Å². The van der Waals surface area contributed by atoms with E-state index in [-0.39, 0.29) is 0 Å². The van der Waals surface area contributed by atoms with Gasteiger partial charge < -0.3 is 10.6 Å². The third-order valence-electron chi connectivity index (χ3n) is 1.20. The number of nitrogens with one attached hydrogen (secondary N) is 2. The van der Waals surface area contributed by atoms with Crippen LogP contribution in [0.15, 0.2) is 0 Å². The van der Waals surface area contributed by atoms with Crippen molar-refractivity contribution in [1.29, 1.82) is 0 Å². The predicted octanol–water partition coefficient (Wildman–Crippen LogP) is -0.229. The van der Waals surface area contributed by atoms with E-state index < -0.39 is 23.5 Å². The van der Waals surface area contributed by atoms with E-state index in [2.05, 4.69) is 10.6 Å². The molecule has 12 heavy (non-hydrogen) atoms. The zero-order valence-corrected chi connectivity index (χ0v) is 7.48. The molecule has 0 saturated heterocycles. The van der Waals surface area contributed by atoms with Gasteiger partial charge in [-0.15, -0.1) is 0 Å². The van der Waals surface area contributed by atoms with Crippen molar-refractivity contribution >= 4 is 23.4 Å². The second-order valence-corrected chi connectivity index (χ2v) is 2.53. The summed E-state index contributed by atoms with van der Waals surface area (Å²) >= 11 is 4.81. The Morgan fingerprint density at radius 1 is 1.42 bits per heavy atom. The van der Waals surface area contributed by atoms with E-state index in [0.29, 0.717) is 0 Å². The Morgan fingerprint density at radius 2 is 1.92 bits per heavy atom. The van der Waals surface area contributed by atoms with Crippen LogP contribution in [0.5, 0.6) is 0 Å². The van der Waals surface area contributed by atoms with E-state index in [1.54, 1.807) is 0 Å². The maximum atomic E-state index is 12.0. The summed E-state index contributed by atoms with van der Waals surface area (Å²) in [5.41, 5.74) is -2.11. The van der Waals surface area contributed by atoms with Crippen LogP contribution in [0.25, 0.3) is 0 Å². The second kappa shape index (κ2) is 4.92. The first-order valence-electron chi connectivity index (χ1n) is 3.29. The number of alkyl halides is 2. The predicted molar refractivity (Wildman–Crippen MR) is 42.4 cm³/mol. The highest BCUT2D eigenvalue weighted by Crippen LogP contribution is 1.96. The minimum absolute atomic E-state index is 0.402. The van der Waals surface area contributed by atoms with E-state index in [0.717, 1.165) is 0 Å². The van der Waals surface area contributed by atoms with Gasteiger partial charge in [-0.2, -0.15) is 0 Å². The van der Waals surface area contributed by atoms with Crippen molar-refractivity contribution in [3.8, 4) is 0 Å². The normalized spacial score (nSPS) is 14.7. The second-order valence-electron chi connectivity index (χ2n) is 2.15. The number of hydrogen-bond donors (Lipinski definition) is 2. The lowest BCUT2D eigenvalue weighted by Gasteiger charge is -2.11. The standard InChI is InChI=1S/C6H10ClFN2O2/c1-3(5(11)9-2)10-6(12)4(7)8/h3-4H,1-2H3,(H,9,11)(H,10,12). The molecule has 0 rings (SSSR count). The Morgan fingerprint density at radius 3 is 2.25 bits per heavy atom. The Hall–Kier alpha value is -0.840. The van der Waals surface area contributed by atoms with Crippen molar-refractivity contribution < 1.29 is 14.0 Å². The monoisotopic (exact) mass is 196 g/mol. The van der Waals surface area contributed by atoms with Crippen LogP contribution in [0.4, 0.5) is 4.39 Å². The molecule has 0 aromatic rings. The highest BCUT2D eigenvalue weighted by molar-refractivity contribution is 6.29. The summed E-state index contributed by atoms with van der Waals surface area (Å²) in [6.45, 7) is 1.43. The average Bonchev–Trinajstić information content (AvgIpc) is 2.02. The molecule has 2 amide bonds. The van der Waals surface area contributed by atoms with Crippen molar-refractivity contribution in [3.63, 3.8) is 0 Å². The van der Waals surface area contributed by atoms with Crippen LogP contribution in [0.1, 0.15) is 6.92 Å². The van der Waals surface area contributed by atoms with Crippen LogP contribution in [-0.4, -0.2) is 30.5 Å². The lowest BCUT2D eigenvalue weighted by molar-refractivity contribution is -0.129. The summed E-state index contributed by atoms with van der Waals surface area (Å²) in [6.07, 6.45) is 0. The van der Waals surface area contributed by atoms with Gasteiger partial charge >= 0.3 is 0 Å². The third kappa shape index (κ3) is 3.52. The summed E-state index contributed by atoms with van der Waals surface area (Å²) in [5, 5.41) is 4.36. The van der Waals surface area contributed by atoms with Crippen LogP contribution in [-0.2, 0) is 9.59 Å². The first-order chi connectivity index (χ1) is 5.49. The lowest BCUT2D eigenvalue weighted by Crippen LogP contribution is -2.45. The average molecular weight is 197 g/mol. The van der Waals surface area contributed by atoms with Crippen molar-refractivity contribution in [2.24, 2.45) is 0 Å². The molecule has 2 N–H and O–H groups in total. The highest BCUT2D eigenvalue weighted by atomic mass is 35.5.